The van der Waals surface area contributed by atoms with E-state index >= 15 is 0 Å². The van der Waals surface area contributed by atoms with Crippen LogP contribution >= 0.6 is 0 Å². The minimum atomic E-state index is -0.402. The van der Waals surface area contributed by atoms with Crippen LogP contribution in [0.3, 0.4) is 0 Å². The van der Waals surface area contributed by atoms with Gasteiger partial charge < -0.3 is 40.2 Å². The number of esters is 4. The highest BCUT2D eigenvalue weighted by Crippen LogP contribution is 2.16. The summed E-state index contributed by atoms with van der Waals surface area (Å²) in [4.78, 5) is 90.2. The summed E-state index contributed by atoms with van der Waals surface area (Å²) in [5.41, 5.74) is 0. The molecule has 4 aliphatic rings. The van der Waals surface area contributed by atoms with E-state index in [0.29, 0.717) is 77.8 Å². The van der Waals surface area contributed by atoms with E-state index in [1.165, 1.54) is 167 Å². The van der Waals surface area contributed by atoms with E-state index in [9.17, 15) is 38.4 Å². The summed E-state index contributed by atoms with van der Waals surface area (Å²) in [6.45, 7) is 10.9. The summed E-state index contributed by atoms with van der Waals surface area (Å²) < 4.78 is 20.7. The molecule has 78 heavy (non-hydrogen) atoms. The van der Waals surface area contributed by atoms with Crippen LogP contribution in [0.15, 0.2) is 0 Å². The number of ether oxygens (including phenoxy) is 4. The average Bonchev–Trinajstić information content (AvgIpc) is 4.28. The molecule has 0 aromatic heterocycles. The van der Waals surface area contributed by atoms with E-state index in [4.69, 9.17) is 18.9 Å². The van der Waals surface area contributed by atoms with Crippen LogP contribution in [-0.2, 0) is 57.3 Å². The first kappa shape index (κ1) is 71.8. The number of hydrogen-bond donors (Lipinski definition) is 4. The molecule has 4 fully saturated rings. The van der Waals surface area contributed by atoms with E-state index in [0.717, 1.165) is 51.4 Å². The molecule has 4 heterocycles. The zero-order valence-electron chi connectivity index (χ0n) is 49.7. The van der Waals surface area contributed by atoms with Crippen molar-refractivity contribution >= 4 is 47.5 Å². The monoisotopic (exact) mass is 1100 g/mol. The largest absolute Gasteiger partial charge is 0.464 e. The van der Waals surface area contributed by atoms with Crippen molar-refractivity contribution < 1.29 is 57.3 Å². The van der Waals surface area contributed by atoms with Crippen molar-refractivity contribution in [1.29, 1.82) is 0 Å². The van der Waals surface area contributed by atoms with Crippen LogP contribution in [-0.4, -0.2) is 98.1 Å². The zero-order valence-corrected chi connectivity index (χ0v) is 49.7. The Balaban J connectivity index is 0.000000521. The lowest BCUT2D eigenvalue weighted by molar-refractivity contribution is -0.147. The highest BCUT2D eigenvalue weighted by atomic mass is 16.5. The van der Waals surface area contributed by atoms with E-state index in [2.05, 4.69) is 49.0 Å². The van der Waals surface area contributed by atoms with Gasteiger partial charge in [0.1, 0.15) is 24.2 Å². The summed E-state index contributed by atoms with van der Waals surface area (Å²) in [5, 5.41) is 10.5. The third kappa shape index (κ3) is 40.9. The topological polar surface area (TPSA) is 222 Å². The van der Waals surface area contributed by atoms with Gasteiger partial charge in [-0.1, -0.05) is 220 Å². The van der Waals surface area contributed by atoms with Gasteiger partial charge in [0.05, 0.1) is 26.4 Å². The molecule has 0 aromatic rings. The third-order valence-electron chi connectivity index (χ3n) is 14.6. The maximum absolute atomic E-state index is 11.6. The lowest BCUT2D eigenvalue weighted by Crippen LogP contribution is -2.34. The summed E-state index contributed by atoms with van der Waals surface area (Å²) in [5.74, 6) is -1.26. The second-order valence-corrected chi connectivity index (χ2v) is 21.9. The van der Waals surface area contributed by atoms with Gasteiger partial charge in [0.2, 0.25) is 23.6 Å². The normalized spacial score (nSPS) is 18.2. The molecule has 0 aliphatic carbocycles. The Bertz CT molecular complexity index is 1600. The minimum absolute atomic E-state index is 0.0455. The van der Waals surface area contributed by atoms with E-state index in [-0.39, 0.29) is 47.5 Å². The second-order valence-electron chi connectivity index (χ2n) is 21.9. The van der Waals surface area contributed by atoms with Crippen molar-refractivity contribution in [3.8, 4) is 0 Å². The van der Waals surface area contributed by atoms with Gasteiger partial charge >= 0.3 is 23.9 Å². The zero-order chi connectivity index (χ0) is 57.1. The SMILES string of the molecule is CCCCCCCCCCCCOC(=O)[C@@H]1CCC(=O)N1.CCCCCCCCCCCOC(=O)[C@@H]1CCC(=O)N1.CCCCCCCCCCOC(=O)[C@@H]1CCC(=O)N1.CCCCCCCCCOC(=O)[C@@H]1CCC(=O)N1. The van der Waals surface area contributed by atoms with Gasteiger partial charge in [0, 0.05) is 25.7 Å². The number of carbonyl (C=O) groups is 8. The van der Waals surface area contributed by atoms with Crippen molar-refractivity contribution in [1.82, 2.24) is 21.3 Å². The van der Waals surface area contributed by atoms with Crippen molar-refractivity contribution in [2.75, 3.05) is 26.4 Å². The number of carbonyl (C=O) groups excluding carboxylic acids is 8. The molecule has 4 amide bonds. The Kier molecular flexibility index (Phi) is 46.9. The van der Waals surface area contributed by atoms with Crippen LogP contribution in [0, 0.1) is 0 Å². The first-order valence-corrected chi connectivity index (χ1v) is 31.8. The number of hydrogen-bond acceptors (Lipinski definition) is 12. The molecule has 0 aromatic carbocycles. The van der Waals surface area contributed by atoms with Crippen molar-refractivity contribution in [2.24, 2.45) is 0 Å². The molecule has 16 heteroatoms. The Morgan fingerprint density at radius 1 is 0.282 bits per heavy atom. The number of amides is 4. The van der Waals surface area contributed by atoms with Gasteiger partial charge in [-0.05, 0) is 51.4 Å². The van der Waals surface area contributed by atoms with Gasteiger partial charge in [-0.15, -0.1) is 0 Å². The fourth-order valence-electron chi connectivity index (χ4n) is 9.55. The van der Waals surface area contributed by atoms with Crippen LogP contribution in [0.4, 0.5) is 0 Å². The lowest BCUT2D eigenvalue weighted by atomic mass is 10.1. The molecule has 0 unspecified atom stereocenters. The summed E-state index contributed by atoms with van der Waals surface area (Å²) in [6, 6.07) is -1.61. The molecule has 0 radical (unpaired) electrons. The fraction of sp³-hybridized carbons (Fsp3) is 0.871. The maximum Gasteiger partial charge on any atom is 0.328 e. The Morgan fingerprint density at radius 3 is 0.577 bits per heavy atom. The summed E-state index contributed by atoms with van der Waals surface area (Å²) in [6.07, 6.45) is 46.3. The molecule has 0 saturated carbocycles. The molecule has 0 bridgehead atoms. The van der Waals surface area contributed by atoms with Crippen LogP contribution < -0.4 is 21.3 Å². The Morgan fingerprint density at radius 2 is 0.436 bits per heavy atom. The second kappa shape index (κ2) is 50.9. The van der Waals surface area contributed by atoms with Crippen molar-refractivity contribution in [2.45, 2.75) is 322 Å². The van der Waals surface area contributed by atoms with Gasteiger partial charge in [-0.3, -0.25) is 19.2 Å². The summed E-state index contributed by atoms with van der Waals surface area (Å²) in [7, 11) is 0. The minimum Gasteiger partial charge on any atom is -0.464 e. The van der Waals surface area contributed by atoms with Gasteiger partial charge in [-0.2, -0.15) is 0 Å². The molecular weight excluding hydrogens is 993 g/mol. The van der Waals surface area contributed by atoms with Gasteiger partial charge in [0.15, 0.2) is 0 Å². The van der Waals surface area contributed by atoms with E-state index < -0.39 is 24.2 Å². The van der Waals surface area contributed by atoms with Gasteiger partial charge in [0.25, 0.3) is 0 Å². The molecule has 0 spiro atoms. The van der Waals surface area contributed by atoms with Crippen molar-refractivity contribution in [3.05, 3.63) is 0 Å². The van der Waals surface area contributed by atoms with E-state index in [1.807, 2.05) is 0 Å². The molecular formula is C62H112N4O12. The quantitative estimate of drug-likeness (QED) is 0.0255. The molecule has 452 valence electrons. The van der Waals surface area contributed by atoms with Crippen LogP contribution in [0.1, 0.15) is 297 Å². The van der Waals surface area contributed by atoms with E-state index in [1.54, 1.807) is 0 Å². The predicted molar refractivity (Wildman–Crippen MR) is 308 cm³/mol. The maximum atomic E-state index is 11.6. The fourth-order valence-corrected chi connectivity index (χ4v) is 9.55. The first-order chi connectivity index (χ1) is 37.9. The average molecular weight is 1110 g/mol. The molecule has 4 saturated heterocycles. The molecule has 4 aliphatic heterocycles. The Hall–Kier alpha value is -4.24. The summed E-state index contributed by atoms with van der Waals surface area (Å²) >= 11 is 0. The predicted octanol–water partition coefficient (Wildman–Crippen LogP) is 12.6. The first-order valence-electron chi connectivity index (χ1n) is 31.8. The molecule has 4 rings (SSSR count). The van der Waals surface area contributed by atoms with Crippen LogP contribution in [0.5, 0.6) is 0 Å². The molecule has 16 nitrogen and oxygen atoms in total. The lowest BCUT2D eigenvalue weighted by Gasteiger charge is -2.09. The van der Waals surface area contributed by atoms with Crippen molar-refractivity contribution in [3.63, 3.8) is 0 Å². The standard InChI is InChI=1S/C17H31NO3.C16H29NO3.C15H27NO3.C14H25NO3/c1-2-3-4-5-6-7-8-9-10-11-14-21-17(20)15-12-13-16(19)18-15;1-2-3-4-5-6-7-8-9-10-13-20-16(19)14-11-12-15(18)17-14;1-2-3-4-5-6-7-8-9-12-19-15(18)13-10-11-14(17)16-13;1-2-3-4-5-6-7-8-11-18-14(17)12-9-10-13(16)15-12/h15H,2-14H2,1H3,(H,18,19);14H,2-13H2,1H3,(H,17,18);13H,2-12H2,1H3,(H,16,17);12H,2-11H2,1H3,(H,15,16)/t15-;14-;13-;12-/m0000/s1. The number of rotatable bonds is 42. The highest BCUT2D eigenvalue weighted by Gasteiger charge is 2.31. The molecule has 4 N–H and O–H groups in total. The highest BCUT2D eigenvalue weighted by molar-refractivity contribution is 5.89. The molecule has 4 atom stereocenters. The van der Waals surface area contributed by atoms with Gasteiger partial charge in [-0.25, -0.2) is 19.2 Å². The third-order valence-corrected chi connectivity index (χ3v) is 14.6. The van der Waals surface area contributed by atoms with Crippen LogP contribution in [0.25, 0.3) is 0 Å². The number of nitrogens with one attached hydrogen (secondary N) is 4. The smallest absolute Gasteiger partial charge is 0.328 e. The Labute approximate surface area is 472 Å². The van der Waals surface area contributed by atoms with Crippen LogP contribution in [0.2, 0.25) is 0 Å². The number of unbranched alkanes of at least 4 members (excludes halogenated alkanes) is 30.